The van der Waals surface area contributed by atoms with Crippen LogP contribution in [0.2, 0.25) is 0 Å². The van der Waals surface area contributed by atoms with Gasteiger partial charge in [0.1, 0.15) is 0 Å². The zero-order valence-electron chi connectivity index (χ0n) is 16.9. The summed E-state index contributed by atoms with van der Waals surface area (Å²) in [5.41, 5.74) is 4.45. The number of carbonyl (C=O) groups is 1. The first-order valence-electron chi connectivity index (χ1n) is 9.75. The maximum atomic E-state index is 12.1. The number of anilines is 2. The summed E-state index contributed by atoms with van der Waals surface area (Å²) in [6, 6.07) is 6.46. The SMILES string of the molecule is COCCCNC(=O)c1cnc(N2CCN(c3cccc(C)c3C)CC2)nc1. The van der Waals surface area contributed by atoms with Crippen molar-refractivity contribution in [2.45, 2.75) is 20.3 Å². The Balaban J connectivity index is 1.54. The molecule has 0 aliphatic carbocycles. The molecule has 0 saturated carbocycles. The molecule has 2 heterocycles. The van der Waals surface area contributed by atoms with E-state index in [2.05, 4.69) is 57.1 Å². The Kier molecular flexibility index (Phi) is 6.81. The fourth-order valence-corrected chi connectivity index (χ4v) is 3.35. The maximum absolute atomic E-state index is 12.1. The smallest absolute Gasteiger partial charge is 0.254 e. The molecule has 7 heteroatoms. The number of nitrogens with one attached hydrogen (secondary N) is 1. The van der Waals surface area contributed by atoms with E-state index in [9.17, 15) is 4.79 Å². The molecular weight excluding hydrogens is 354 g/mol. The van der Waals surface area contributed by atoms with Gasteiger partial charge in [-0.25, -0.2) is 9.97 Å². The van der Waals surface area contributed by atoms with Gasteiger partial charge in [0, 0.05) is 64.5 Å². The third kappa shape index (κ3) is 4.78. The summed E-state index contributed by atoms with van der Waals surface area (Å²) in [5.74, 6) is 0.527. The van der Waals surface area contributed by atoms with Gasteiger partial charge in [-0.05, 0) is 37.5 Å². The Morgan fingerprint density at radius 1 is 1.11 bits per heavy atom. The Bertz CT molecular complexity index is 786. The molecular formula is C21H29N5O2. The predicted molar refractivity (Wildman–Crippen MR) is 111 cm³/mol. The summed E-state index contributed by atoms with van der Waals surface area (Å²) >= 11 is 0. The molecule has 0 unspecified atom stereocenters. The molecule has 0 radical (unpaired) electrons. The average Bonchev–Trinajstić information content (AvgIpc) is 2.73. The zero-order valence-corrected chi connectivity index (χ0v) is 16.9. The van der Waals surface area contributed by atoms with Crippen LogP contribution in [0.5, 0.6) is 0 Å². The number of aryl methyl sites for hydroxylation is 1. The largest absolute Gasteiger partial charge is 0.385 e. The van der Waals surface area contributed by atoms with Crippen LogP contribution in [0.3, 0.4) is 0 Å². The number of ether oxygens (including phenoxy) is 1. The number of nitrogens with zero attached hydrogens (tertiary/aromatic N) is 4. The second kappa shape index (κ2) is 9.50. The molecule has 0 atom stereocenters. The summed E-state index contributed by atoms with van der Waals surface area (Å²) in [5, 5.41) is 2.85. The summed E-state index contributed by atoms with van der Waals surface area (Å²) in [4.78, 5) is 25.5. The third-order valence-electron chi connectivity index (χ3n) is 5.19. The van der Waals surface area contributed by atoms with Crippen LogP contribution in [-0.2, 0) is 4.74 Å². The minimum Gasteiger partial charge on any atom is -0.385 e. The number of aromatic nitrogens is 2. The summed E-state index contributed by atoms with van der Waals surface area (Å²) < 4.78 is 4.98. The van der Waals surface area contributed by atoms with Gasteiger partial charge in [0.2, 0.25) is 5.95 Å². The molecule has 1 N–H and O–H groups in total. The molecule has 1 amide bonds. The molecule has 28 heavy (non-hydrogen) atoms. The van der Waals surface area contributed by atoms with Crippen LogP contribution < -0.4 is 15.1 Å². The van der Waals surface area contributed by atoms with E-state index in [0.29, 0.717) is 24.7 Å². The van der Waals surface area contributed by atoms with E-state index in [1.807, 2.05) is 0 Å². The van der Waals surface area contributed by atoms with Gasteiger partial charge in [-0.15, -0.1) is 0 Å². The fourth-order valence-electron chi connectivity index (χ4n) is 3.35. The second-order valence-electron chi connectivity index (χ2n) is 7.07. The number of benzene rings is 1. The lowest BCUT2D eigenvalue weighted by Gasteiger charge is -2.37. The molecule has 1 aliphatic rings. The Morgan fingerprint density at radius 2 is 1.79 bits per heavy atom. The van der Waals surface area contributed by atoms with E-state index >= 15 is 0 Å². The van der Waals surface area contributed by atoms with Crippen molar-refractivity contribution in [3.63, 3.8) is 0 Å². The highest BCUT2D eigenvalue weighted by molar-refractivity contribution is 5.93. The predicted octanol–water partition coefficient (Wildman–Crippen LogP) is 2.19. The lowest BCUT2D eigenvalue weighted by Crippen LogP contribution is -2.47. The molecule has 150 valence electrons. The lowest BCUT2D eigenvalue weighted by atomic mass is 10.1. The quantitative estimate of drug-likeness (QED) is 0.739. The van der Waals surface area contributed by atoms with Gasteiger partial charge in [0.15, 0.2) is 0 Å². The molecule has 1 aliphatic heterocycles. The van der Waals surface area contributed by atoms with Crippen molar-refractivity contribution in [2.75, 3.05) is 56.2 Å². The van der Waals surface area contributed by atoms with Crippen molar-refractivity contribution < 1.29 is 9.53 Å². The number of carbonyl (C=O) groups excluding carboxylic acids is 1. The van der Waals surface area contributed by atoms with E-state index in [0.717, 1.165) is 32.6 Å². The topological polar surface area (TPSA) is 70.6 Å². The number of methoxy groups -OCH3 is 1. The van der Waals surface area contributed by atoms with Crippen molar-refractivity contribution in [1.82, 2.24) is 15.3 Å². The van der Waals surface area contributed by atoms with E-state index in [1.165, 1.54) is 16.8 Å². The highest BCUT2D eigenvalue weighted by atomic mass is 16.5. The van der Waals surface area contributed by atoms with Gasteiger partial charge >= 0.3 is 0 Å². The molecule has 0 bridgehead atoms. The van der Waals surface area contributed by atoms with Gasteiger partial charge in [-0.3, -0.25) is 4.79 Å². The lowest BCUT2D eigenvalue weighted by molar-refractivity contribution is 0.0948. The van der Waals surface area contributed by atoms with E-state index in [4.69, 9.17) is 4.74 Å². The van der Waals surface area contributed by atoms with Crippen molar-refractivity contribution in [3.05, 3.63) is 47.3 Å². The monoisotopic (exact) mass is 383 g/mol. The van der Waals surface area contributed by atoms with E-state index < -0.39 is 0 Å². The molecule has 0 spiro atoms. The Labute approximate surface area is 166 Å². The second-order valence-corrected chi connectivity index (χ2v) is 7.07. The first-order valence-corrected chi connectivity index (χ1v) is 9.75. The Morgan fingerprint density at radius 3 is 2.46 bits per heavy atom. The number of hydrogen-bond donors (Lipinski definition) is 1. The Hall–Kier alpha value is -2.67. The summed E-state index contributed by atoms with van der Waals surface area (Å²) in [7, 11) is 1.65. The van der Waals surface area contributed by atoms with Crippen molar-refractivity contribution >= 4 is 17.5 Å². The molecule has 1 fully saturated rings. The molecule has 1 saturated heterocycles. The van der Waals surface area contributed by atoms with Gasteiger partial charge in [-0.1, -0.05) is 12.1 Å². The number of rotatable bonds is 7. The first-order chi connectivity index (χ1) is 13.6. The first kappa shape index (κ1) is 20.1. The molecule has 1 aromatic heterocycles. The summed E-state index contributed by atoms with van der Waals surface area (Å²) in [6.07, 6.45) is 3.99. The molecule has 2 aromatic rings. The van der Waals surface area contributed by atoms with Gasteiger partial charge in [0.05, 0.1) is 5.56 Å². The van der Waals surface area contributed by atoms with Gasteiger partial charge in [-0.2, -0.15) is 0 Å². The summed E-state index contributed by atoms with van der Waals surface area (Å²) in [6.45, 7) is 9.10. The van der Waals surface area contributed by atoms with E-state index in [-0.39, 0.29) is 5.91 Å². The normalized spacial score (nSPS) is 14.2. The minimum atomic E-state index is -0.151. The van der Waals surface area contributed by atoms with Crippen LogP contribution in [0.25, 0.3) is 0 Å². The van der Waals surface area contributed by atoms with Crippen LogP contribution in [0.4, 0.5) is 11.6 Å². The van der Waals surface area contributed by atoms with Crippen LogP contribution in [0.15, 0.2) is 30.6 Å². The highest BCUT2D eigenvalue weighted by Crippen LogP contribution is 2.24. The maximum Gasteiger partial charge on any atom is 0.254 e. The third-order valence-corrected chi connectivity index (χ3v) is 5.19. The highest BCUT2D eigenvalue weighted by Gasteiger charge is 2.20. The van der Waals surface area contributed by atoms with Crippen molar-refractivity contribution in [2.24, 2.45) is 0 Å². The standard InChI is InChI=1S/C21H29N5O2/c1-16-6-4-7-19(17(16)2)25-9-11-26(12-10-25)21-23-14-18(15-24-21)20(27)22-8-5-13-28-3/h4,6-7,14-15H,5,8-13H2,1-3H3,(H,22,27). The van der Waals surface area contributed by atoms with Gasteiger partial charge in [0.25, 0.3) is 5.91 Å². The molecule has 1 aromatic carbocycles. The van der Waals surface area contributed by atoms with E-state index in [1.54, 1.807) is 19.5 Å². The van der Waals surface area contributed by atoms with Crippen LogP contribution in [0.1, 0.15) is 27.9 Å². The fraction of sp³-hybridized carbons (Fsp3) is 0.476. The number of piperazine rings is 1. The molecule has 7 nitrogen and oxygen atoms in total. The van der Waals surface area contributed by atoms with Crippen molar-refractivity contribution in [3.8, 4) is 0 Å². The van der Waals surface area contributed by atoms with Crippen LogP contribution in [0, 0.1) is 13.8 Å². The van der Waals surface area contributed by atoms with Crippen molar-refractivity contribution in [1.29, 1.82) is 0 Å². The van der Waals surface area contributed by atoms with Gasteiger partial charge < -0.3 is 19.9 Å². The number of amides is 1. The zero-order chi connectivity index (χ0) is 19.9. The minimum absolute atomic E-state index is 0.151. The van der Waals surface area contributed by atoms with Crippen LogP contribution >= 0.6 is 0 Å². The molecule has 3 rings (SSSR count). The average molecular weight is 383 g/mol. The number of hydrogen-bond acceptors (Lipinski definition) is 6. The van der Waals surface area contributed by atoms with Crippen LogP contribution in [-0.4, -0.2) is 62.3 Å².